The molecule has 1 saturated heterocycles. The first kappa shape index (κ1) is 16.7. The zero-order valence-corrected chi connectivity index (χ0v) is 15.2. The van der Waals surface area contributed by atoms with Crippen molar-refractivity contribution in [2.75, 3.05) is 26.2 Å². The summed E-state index contributed by atoms with van der Waals surface area (Å²) in [5, 5.41) is 0. The summed E-state index contributed by atoms with van der Waals surface area (Å²) in [7, 11) is 0. The van der Waals surface area contributed by atoms with E-state index in [1.54, 1.807) is 12.4 Å². The van der Waals surface area contributed by atoms with E-state index in [0.717, 1.165) is 37.4 Å². The van der Waals surface area contributed by atoms with Gasteiger partial charge in [0.05, 0.1) is 0 Å². The van der Waals surface area contributed by atoms with Crippen molar-refractivity contribution < 1.29 is 4.79 Å². The van der Waals surface area contributed by atoms with Gasteiger partial charge < -0.3 is 9.30 Å². The second kappa shape index (κ2) is 6.88. The van der Waals surface area contributed by atoms with Gasteiger partial charge in [0, 0.05) is 56.4 Å². The van der Waals surface area contributed by atoms with E-state index >= 15 is 0 Å². The maximum absolute atomic E-state index is 12.9. The van der Waals surface area contributed by atoms with Gasteiger partial charge in [-0.2, -0.15) is 0 Å². The molecule has 1 amide bonds. The fourth-order valence-corrected chi connectivity index (χ4v) is 3.43. The van der Waals surface area contributed by atoms with Crippen molar-refractivity contribution in [1.29, 1.82) is 0 Å². The topological polar surface area (TPSA) is 53.7 Å². The van der Waals surface area contributed by atoms with Gasteiger partial charge in [0.1, 0.15) is 11.4 Å². The lowest BCUT2D eigenvalue weighted by atomic mass is 10.1. The molecule has 0 bridgehead atoms. The number of amides is 1. The SMILES string of the molecule is CC(C)N1CCN(C(=O)c2cn3ccnc(-c4ccccc4)c3n2)CC1. The number of carbonyl (C=O) groups is 1. The Labute approximate surface area is 153 Å². The molecule has 0 N–H and O–H groups in total. The van der Waals surface area contributed by atoms with E-state index < -0.39 is 0 Å². The Hall–Kier alpha value is -2.73. The van der Waals surface area contributed by atoms with E-state index in [2.05, 4.69) is 28.7 Å². The number of benzene rings is 1. The lowest BCUT2D eigenvalue weighted by Gasteiger charge is -2.36. The standard InChI is InChI=1S/C20H23N5O/c1-15(2)23-10-12-24(13-11-23)20(26)17-14-25-9-8-21-18(19(25)22-17)16-6-4-3-5-7-16/h3-9,14-15H,10-13H2,1-2H3. The number of nitrogens with zero attached hydrogens (tertiary/aromatic N) is 5. The van der Waals surface area contributed by atoms with Gasteiger partial charge in [-0.25, -0.2) is 4.98 Å². The van der Waals surface area contributed by atoms with E-state index in [4.69, 9.17) is 0 Å². The monoisotopic (exact) mass is 349 g/mol. The molecule has 0 spiro atoms. The molecule has 6 nitrogen and oxygen atoms in total. The molecule has 6 heteroatoms. The molecular weight excluding hydrogens is 326 g/mol. The normalized spacial score (nSPS) is 15.7. The average Bonchev–Trinajstić information content (AvgIpc) is 3.12. The smallest absolute Gasteiger partial charge is 0.274 e. The van der Waals surface area contributed by atoms with Crippen LogP contribution < -0.4 is 0 Å². The molecule has 1 aliphatic heterocycles. The second-order valence-electron chi connectivity index (χ2n) is 6.92. The van der Waals surface area contributed by atoms with Crippen LogP contribution in [-0.2, 0) is 0 Å². The number of hydrogen-bond acceptors (Lipinski definition) is 4. The third-order valence-corrected chi connectivity index (χ3v) is 4.97. The van der Waals surface area contributed by atoms with Crippen LogP contribution in [0.2, 0.25) is 0 Å². The highest BCUT2D eigenvalue weighted by Crippen LogP contribution is 2.22. The lowest BCUT2D eigenvalue weighted by Crippen LogP contribution is -2.50. The van der Waals surface area contributed by atoms with Crippen LogP contribution in [-0.4, -0.2) is 62.3 Å². The first-order valence-electron chi connectivity index (χ1n) is 9.06. The molecule has 2 aromatic heterocycles. The summed E-state index contributed by atoms with van der Waals surface area (Å²) in [5.41, 5.74) is 2.97. The zero-order valence-electron chi connectivity index (χ0n) is 15.2. The van der Waals surface area contributed by atoms with E-state index in [9.17, 15) is 4.79 Å². The molecule has 1 aliphatic rings. The second-order valence-corrected chi connectivity index (χ2v) is 6.92. The van der Waals surface area contributed by atoms with Gasteiger partial charge >= 0.3 is 0 Å². The van der Waals surface area contributed by atoms with Gasteiger partial charge in [-0.15, -0.1) is 0 Å². The van der Waals surface area contributed by atoms with Crippen molar-refractivity contribution in [3.63, 3.8) is 0 Å². The summed E-state index contributed by atoms with van der Waals surface area (Å²) >= 11 is 0. The Balaban J connectivity index is 1.61. The number of piperazine rings is 1. The summed E-state index contributed by atoms with van der Waals surface area (Å²) in [4.78, 5) is 26.3. The van der Waals surface area contributed by atoms with Gasteiger partial charge in [-0.3, -0.25) is 14.7 Å². The predicted octanol–water partition coefficient (Wildman–Crippen LogP) is 2.56. The van der Waals surface area contributed by atoms with Crippen LogP contribution >= 0.6 is 0 Å². The van der Waals surface area contributed by atoms with E-state index in [1.165, 1.54) is 0 Å². The van der Waals surface area contributed by atoms with Crippen LogP contribution in [0.1, 0.15) is 24.3 Å². The fraction of sp³-hybridized carbons (Fsp3) is 0.350. The molecule has 0 radical (unpaired) electrons. The Kier molecular flexibility index (Phi) is 4.42. The average molecular weight is 349 g/mol. The van der Waals surface area contributed by atoms with Crippen molar-refractivity contribution in [1.82, 2.24) is 24.2 Å². The summed E-state index contributed by atoms with van der Waals surface area (Å²) in [6.07, 6.45) is 5.38. The number of hydrogen-bond donors (Lipinski definition) is 0. The first-order chi connectivity index (χ1) is 12.6. The third-order valence-electron chi connectivity index (χ3n) is 4.97. The minimum atomic E-state index is -0.00359. The molecule has 4 rings (SSSR count). The Morgan fingerprint density at radius 2 is 1.81 bits per heavy atom. The van der Waals surface area contributed by atoms with Crippen LogP contribution in [0, 0.1) is 0 Å². The Bertz CT molecular complexity index is 910. The molecule has 0 unspecified atom stereocenters. The molecule has 3 heterocycles. The quantitative estimate of drug-likeness (QED) is 0.729. The summed E-state index contributed by atoms with van der Waals surface area (Å²) in [5.74, 6) is -0.00359. The molecular formula is C20H23N5O. The zero-order chi connectivity index (χ0) is 18.1. The minimum Gasteiger partial charge on any atom is -0.335 e. The maximum Gasteiger partial charge on any atom is 0.274 e. The highest BCUT2D eigenvalue weighted by atomic mass is 16.2. The summed E-state index contributed by atoms with van der Waals surface area (Å²) in [6.45, 7) is 7.69. The molecule has 3 aromatic rings. The number of fused-ring (bicyclic) bond motifs is 1. The Morgan fingerprint density at radius 1 is 1.08 bits per heavy atom. The van der Waals surface area contributed by atoms with Gasteiger partial charge in [0.2, 0.25) is 0 Å². The highest BCUT2D eigenvalue weighted by molar-refractivity contribution is 5.93. The molecule has 0 atom stereocenters. The first-order valence-corrected chi connectivity index (χ1v) is 9.06. The summed E-state index contributed by atoms with van der Waals surface area (Å²) in [6, 6.07) is 10.4. The largest absolute Gasteiger partial charge is 0.335 e. The lowest BCUT2D eigenvalue weighted by molar-refractivity contribution is 0.0590. The Morgan fingerprint density at radius 3 is 2.50 bits per heavy atom. The van der Waals surface area contributed by atoms with E-state index in [1.807, 2.05) is 45.8 Å². The number of carbonyl (C=O) groups excluding carboxylic acids is 1. The van der Waals surface area contributed by atoms with Crippen molar-refractivity contribution in [2.45, 2.75) is 19.9 Å². The number of rotatable bonds is 3. The molecule has 134 valence electrons. The molecule has 26 heavy (non-hydrogen) atoms. The van der Waals surface area contributed by atoms with Crippen molar-refractivity contribution in [3.05, 3.63) is 54.6 Å². The third kappa shape index (κ3) is 3.08. The van der Waals surface area contributed by atoms with Gasteiger partial charge in [-0.1, -0.05) is 30.3 Å². The van der Waals surface area contributed by atoms with E-state index in [-0.39, 0.29) is 5.91 Å². The fourth-order valence-electron chi connectivity index (χ4n) is 3.43. The summed E-state index contributed by atoms with van der Waals surface area (Å²) < 4.78 is 1.88. The van der Waals surface area contributed by atoms with Crippen molar-refractivity contribution in [2.24, 2.45) is 0 Å². The van der Waals surface area contributed by atoms with Gasteiger partial charge in [-0.05, 0) is 13.8 Å². The van der Waals surface area contributed by atoms with Gasteiger partial charge in [0.15, 0.2) is 5.65 Å². The molecule has 0 saturated carbocycles. The van der Waals surface area contributed by atoms with Crippen molar-refractivity contribution >= 4 is 11.6 Å². The van der Waals surface area contributed by atoms with Crippen LogP contribution in [0.15, 0.2) is 48.9 Å². The highest BCUT2D eigenvalue weighted by Gasteiger charge is 2.25. The van der Waals surface area contributed by atoms with Crippen LogP contribution in [0.4, 0.5) is 0 Å². The maximum atomic E-state index is 12.9. The predicted molar refractivity (Wildman–Crippen MR) is 101 cm³/mol. The molecule has 1 fully saturated rings. The number of aromatic nitrogens is 3. The van der Waals surface area contributed by atoms with Crippen LogP contribution in [0.25, 0.3) is 16.9 Å². The van der Waals surface area contributed by atoms with Crippen molar-refractivity contribution in [3.8, 4) is 11.3 Å². The van der Waals surface area contributed by atoms with Gasteiger partial charge in [0.25, 0.3) is 5.91 Å². The minimum absolute atomic E-state index is 0.00359. The van der Waals surface area contributed by atoms with E-state index in [0.29, 0.717) is 17.4 Å². The van der Waals surface area contributed by atoms with Crippen LogP contribution in [0.3, 0.4) is 0 Å². The molecule has 1 aromatic carbocycles. The van der Waals surface area contributed by atoms with Crippen LogP contribution in [0.5, 0.6) is 0 Å². The molecule has 0 aliphatic carbocycles. The number of imidazole rings is 1.